The Hall–Kier alpha value is -0.160. The molecule has 0 spiro atoms. The topological polar surface area (TPSA) is 33.7 Å². The molecule has 0 aromatic rings. The third kappa shape index (κ3) is 6.23. The van der Waals surface area contributed by atoms with Crippen molar-refractivity contribution in [3.8, 4) is 0 Å². The quantitative estimate of drug-likeness (QED) is 0.783. The van der Waals surface area contributed by atoms with Gasteiger partial charge in [-0.25, -0.2) is 0 Å². The zero-order valence-corrected chi connectivity index (χ0v) is 14.4. The second-order valence-electron chi connectivity index (χ2n) is 7.58. The Labute approximate surface area is 130 Å². The molecule has 2 aliphatic heterocycles. The number of hydrogen-bond acceptors (Lipinski definition) is 4. The van der Waals surface area contributed by atoms with Crippen LogP contribution in [-0.4, -0.2) is 61.5 Å². The normalized spacial score (nSPS) is 30.4. The largest absolute Gasteiger partial charge is 0.377 e. The molecule has 2 saturated heterocycles. The number of likely N-dealkylation sites (N-methyl/N-ethyl adjacent to an activating group) is 1. The van der Waals surface area contributed by atoms with Crippen LogP contribution in [0.2, 0.25) is 0 Å². The Kier molecular flexibility index (Phi) is 6.48. The van der Waals surface area contributed by atoms with Gasteiger partial charge in [-0.3, -0.25) is 4.90 Å². The molecule has 21 heavy (non-hydrogen) atoms. The minimum atomic E-state index is 0.177. The van der Waals surface area contributed by atoms with Crippen molar-refractivity contribution in [3.63, 3.8) is 0 Å². The summed E-state index contributed by atoms with van der Waals surface area (Å²) in [5.74, 6) is 0. The molecule has 3 unspecified atom stereocenters. The molecule has 2 fully saturated rings. The summed E-state index contributed by atoms with van der Waals surface area (Å²) in [5.41, 5.74) is 0.177. The van der Waals surface area contributed by atoms with Crippen molar-refractivity contribution in [1.29, 1.82) is 0 Å². The fourth-order valence-electron chi connectivity index (χ4n) is 3.18. The summed E-state index contributed by atoms with van der Waals surface area (Å²) in [5, 5.41) is 3.55. The van der Waals surface area contributed by atoms with E-state index < -0.39 is 0 Å². The molecule has 0 aromatic heterocycles. The van der Waals surface area contributed by atoms with E-state index in [1.54, 1.807) is 0 Å². The maximum absolute atomic E-state index is 6.21. The lowest BCUT2D eigenvalue weighted by Crippen LogP contribution is -2.41. The molecule has 2 rings (SSSR count). The summed E-state index contributed by atoms with van der Waals surface area (Å²) in [6, 6.07) is 0. The van der Waals surface area contributed by atoms with Gasteiger partial charge in [-0.15, -0.1) is 0 Å². The first-order valence-electron chi connectivity index (χ1n) is 8.70. The van der Waals surface area contributed by atoms with E-state index in [0.717, 1.165) is 32.8 Å². The molecule has 0 amide bonds. The molecule has 124 valence electrons. The maximum atomic E-state index is 6.21. The zero-order valence-electron chi connectivity index (χ0n) is 14.4. The summed E-state index contributed by atoms with van der Waals surface area (Å²) in [6.45, 7) is 14.0. The monoisotopic (exact) mass is 298 g/mol. The van der Waals surface area contributed by atoms with Gasteiger partial charge in [-0.05, 0) is 53.0 Å². The van der Waals surface area contributed by atoms with Crippen LogP contribution in [0.5, 0.6) is 0 Å². The average Bonchev–Trinajstić information content (AvgIpc) is 3.06. The minimum absolute atomic E-state index is 0.177. The van der Waals surface area contributed by atoms with E-state index in [0.29, 0.717) is 18.3 Å². The molecule has 0 bridgehead atoms. The van der Waals surface area contributed by atoms with Gasteiger partial charge >= 0.3 is 0 Å². The van der Waals surface area contributed by atoms with Crippen LogP contribution in [0.25, 0.3) is 0 Å². The first-order valence-corrected chi connectivity index (χ1v) is 8.70. The van der Waals surface area contributed by atoms with Crippen LogP contribution >= 0.6 is 0 Å². The molecular weight excluding hydrogens is 264 g/mol. The van der Waals surface area contributed by atoms with E-state index in [4.69, 9.17) is 9.47 Å². The highest BCUT2D eigenvalue weighted by molar-refractivity contribution is 4.81. The second kappa shape index (κ2) is 7.91. The Bertz CT molecular complexity index is 298. The molecule has 1 N–H and O–H groups in total. The lowest BCUT2D eigenvalue weighted by Gasteiger charge is -2.27. The van der Waals surface area contributed by atoms with Crippen molar-refractivity contribution in [2.45, 2.75) is 77.2 Å². The highest BCUT2D eigenvalue weighted by Gasteiger charge is 2.28. The van der Waals surface area contributed by atoms with Gasteiger partial charge in [0.25, 0.3) is 0 Å². The third-order valence-electron chi connectivity index (χ3n) is 4.45. The van der Waals surface area contributed by atoms with Gasteiger partial charge in [0, 0.05) is 31.8 Å². The van der Waals surface area contributed by atoms with Gasteiger partial charge in [0.1, 0.15) is 0 Å². The van der Waals surface area contributed by atoms with Gasteiger partial charge in [-0.1, -0.05) is 6.92 Å². The number of rotatable bonds is 7. The van der Waals surface area contributed by atoms with Crippen molar-refractivity contribution in [2.75, 3.05) is 32.8 Å². The Balaban J connectivity index is 1.67. The van der Waals surface area contributed by atoms with E-state index >= 15 is 0 Å². The smallest absolute Gasteiger partial charge is 0.0707 e. The van der Waals surface area contributed by atoms with Crippen LogP contribution < -0.4 is 5.32 Å². The number of nitrogens with zero attached hydrogens (tertiary/aromatic N) is 1. The molecule has 3 atom stereocenters. The van der Waals surface area contributed by atoms with Gasteiger partial charge in [0.15, 0.2) is 0 Å². The van der Waals surface area contributed by atoms with Crippen molar-refractivity contribution in [2.24, 2.45) is 0 Å². The molecule has 2 aliphatic rings. The van der Waals surface area contributed by atoms with Crippen molar-refractivity contribution >= 4 is 0 Å². The highest BCUT2D eigenvalue weighted by atomic mass is 16.5. The summed E-state index contributed by atoms with van der Waals surface area (Å²) >= 11 is 0. The second-order valence-corrected chi connectivity index (χ2v) is 7.58. The fraction of sp³-hybridized carbons (Fsp3) is 1.00. The maximum Gasteiger partial charge on any atom is 0.0707 e. The predicted octanol–water partition coefficient (Wildman–Crippen LogP) is 2.42. The van der Waals surface area contributed by atoms with Crippen LogP contribution in [0.3, 0.4) is 0 Å². The summed E-state index contributed by atoms with van der Waals surface area (Å²) in [6.07, 6.45) is 6.06. The van der Waals surface area contributed by atoms with Crippen molar-refractivity contribution in [1.82, 2.24) is 10.2 Å². The molecule has 4 nitrogen and oxygen atoms in total. The Morgan fingerprint density at radius 3 is 2.38 bits per heavy atom. The number of hydrogen-bond donors (Lipinski definition) is 1. The summed E-state index contributed by atoms with van der Waals surface area (Å²) < 4.78 is 12.0. The van der Waals surface area contributed by atoms with Crippen molar-refractivity contribution in [3.05, 3.63) is 0 Å². The van der Waals surface area contributed by atoms with Crippen LogP contribution in [0.1, 0.15) is 53.4 Å². The predicted molar refractivity (Wildman–Crippen MR) is 86.7 cm³/mol. The molecular formula is C17H34N2O2. The zero-order chi connectivity index (χ0) is 15.3. The van der Waals surface area contributed by atoms with Gasteiger partial charge in [-0.2, -0.15) is 0 Å². The minimum Gasteiger partial charge on any atom is -0.377 e. The molecule has 4 heteroatoms. The van der Waals surface area contributed by atoms with E-state index in [1.165, 1.54) is 25.7 Å². The van der Waals surface area contributed by atoms with Crippen LogP contribution in [0, 0.1) is 0 Å². The SMILES string of the molecule is CCN(CC1CCCO1)CC1CCC(CNC(C)(C)C)O1. The molecule has 2 heterocycles. The van der Waals surface area contributed by atoms with Crippen LogP contribution in [-0.2, 0) is 9.47 Å². The Morgan fingerprint density at radius 2 is 1.76 bits per heavy atom. The first-order chi connectivity index (χ1) is 9.96. The van der Waals surface area contributed by atoms with E-state index in [1.807, 2.05) is 0 Å². The van der Waals surface area contributed by atoms with E-state index in [9.17, 15) is 0 Å². The Morgan fingerprint density at radius 1 is 1.05 bits per heavy atom. The highest BCUT2D eigenvalue weighted by Crippen LogP contribution is 2.21. The number of nitrogens with one attached hydrogen (secondary N) is 1. The third-order valence-corrected chi connectivity index (χ3v) is 4.45. The average molecular weight is 298 g/mol. The van der Waals surface area contributed by atoms with Gasteiger partial charge in [0.05, 0.1) is 18.3 Å². The standard InChI is InChI=1S/C17H34N2O2/c1-5-19(12-15-7-6-10-20-15)13-16-9-8-14(21-16)11-18-17(2,3)4/h14-16,18H,5-13H2,1-4H3. The summed E-state index contributed by atoms with van der Waals surface area (Å²) in [7, 11) is 0. The molecule has 0 aliphatic carbocycles. The lowest BCUT2D eigenvalue weighted by atomic mass is 10.1. The van der Waals surface area contributed by atoms with Gasteiger partial charge < -0.3 is 14.8 Å². The molecule has 0 saturated carbocycles. The molecule has 0 aromatic carbocycles. The van der Waals surface area contributed by atoms with Crippen molar-refractivity contribution < 1.29 is 9.47 Å². The van der Waals surface area contributed by atoms with Crippen LogP contribution in [0.15, 0.2) is 0 Å². The van der Waals surface area contributed by atoms with Crippen LogP contribution in [0.4, 0.5) is 0 Å². The molecule has 0 radical (unpaired) electrons. The van der Waals surface area contributed by atoms with Gasteiger partial charge in [0.2, 0.25) is 0 Å². The van der Waals surface area contributed by atoms with E-state index in [-0.39, 0.29) is 5.54 Å². The number of ether oxygens (including phenoxy) is 2. The fourth-order valence-corrected chi connectivity index (χ4v) is 3.18. The first kappa shape index (κ1) is 17.2. The lowest BCUT2D eigenvalue weighted by molar-refractivity contribution is 0.00866. The van der Waals surface area contributed by atoms with E-state index in [2.05, 4.69) is 37.9 Å². The summed E-state index contributed by atoms with van der Waals surface area (Å²) in [4.78, 5) is 2.50.